The second-order valence-electron chi connectivity index (χ2n) is 8.22. The summed E-state index contributed by atoms with van der Waals surface area (Å²) in [6.45, 7) is 0.478. The lowest BCUT2D eigenvalue weighted by atomic mass is 10.1. The highest BCUT2D eigenvalue weighted by atomic mass is 127. The standard InChI is InChI=1S/C26H21BrFIN4O2/c27-18-4-8-20(9-5-18)33-14-21(25(31-33)17-2-6-19(28)7-3-17)26-32(24(34)15-35-26)12-11-16-1-10-23(30)22(29)13-16/h1-10,13-14,26H,11-12,15,30H2. The molecule has 1 fully saturated rings. The van der Waals surface area contributed by atoms with Crippen molar-refractivity contribution in [2.75, 3.05) is 18.9 Å². The molecule has 2 heterocycles. The summed E-state index contributed by atoms with van der Waals surface area (Å²) in [7, 11) is 0. The number of nitrogen functional groups attached to an aromatic ring is 1. The van der Waals surface area contributed by atoms with Crippen LogP contribution in [-0.2, 0) is 16.0 Å². The largest absolute Gasteiger partial charge is 0.398 e. The van der Waals surface area contributed by atoms with Crippen LogP contribution in [-0.4, -0.2) is 33.7 Å². The van der Waals surface area contributed by atoms with Crippen LogP contribution in [0, 0.1) is 9.39 Å². The zero-order valence-electron chi connectivity index (χ0n) is 18.5. The van der Waals surface area contributed by atoms with Gasteiger partial charge in [-0.1, -0.05) is 22.0 Å². The minimum absolute atomic E-state index is 0.00371. The number of hydrogen-bond donors (Lipinski definition) is 1. The van der Waals surface area contributed by atoms with E-state index in [4.69, 9.17) is 15.6 Å². The minimum atomic E-state index is -0.598. The number of carbonyl (C=O) groups is 1. The smallest absolute Gasteiger partial charge is 0.250 e. The molecule has 1 aromatic heterocycles. The van der Waals surface area contributed by atoms with Gasteiger partial charge in [0.05, 0.1) is 5.69 Å². The zero-order chi connectivity index (χ0) is 24.5. The molecule has 6 nitrogen and oxygen atoms in total. The Balaban J connectivity index is 1.50. The molecule has 1 aliphatic heterocycles. The van der Waals surface area contributed by atoms with E-state index in [1.54, 1.807) is 21.7 Å². The summed E-state index contributed by atoms with van der Waals surface area (Å²) in [6, 6.07) is 19.8. The van der Waals surface area contributed by atoms with E-state index in [0.29, 0.717) is 18.7 Å². The Hall–Kier alpha value is -2.76. The van der Waals surface area contributed by atoms with E-state index in [1.807, 2.05) is 48.7 Å². The maximum Gasteiger partial charge on any atom is 0.250 e. The molecule has 5 rings (SSSR count). The van der Waals surface area contributed by atoms with E-state index < -0.39 is 6.23 Å². The summed E-state index contributed by atoms with van der Waals surface area (Å²) in [5.74, 6) is -0.406. The van der Waals surface area contributed by atoms with Gasteiger partial charge < -0.3 is 15.4 Å². The van der Waals surface area contributed by atoms with Crippen LogP contribution in [0.4, 0.5) is 10.1 Å². The van der Waals surface area contributed by atoms with Gasteiger partial charge in [0.15, 0.2) is 6.23 Å². The Morgan fingerprint density at radius 2 is 1.86 bits per heavy atom. The van der Waals surface area contributed by atoms with Crippen molar-refractivity contribution in [3.8, 4) is 16.9 Å². The van der Waals surface area contributed by atoms with Gasteiger partial charge in [-0.2, -0.15) is 5.10 Å². The molecule has 0 saturated carbocycles. The maximum absolute atomic E-state index is 13.6. The summed E-state index contributed by atoms with van der Waals surface area (Å²) in [5.41, 5.74) is 10.7. The first-order valence-electron chi connectivity index (χ1n) is 11.0. The number of amides is 1. The van der Waals surface area contributed by atoms with E-state index >= 15 is 0 Å². The average Bonchev–Trinajstić information content (AvgIpc) is 3.44. The number of ether oxygens (including phenoxy) is 1. The minimum Gasteiger partial charge on any atom is -0.398 e. The highest BCUT2D eigenvalue weighted by Crippen LogP contribution is 2.35. The fourth-order valence-electron chi connectivity index (χ4n) is 4.06. The van der Waals surface area contributed by atoms with Crippen LogP contribution in [0.15, 0.2) is 77.4 Å². The molecule has 4 aromatic rings. The van der Waals surface area contributed by atoms with Gasteiger partial charge in [-0.05, 0) is 95.2 Å². The summed E-state index contributed by atoms with van der Waals surface area (Å²) >= 11 is 5.67. The third kappa shape index (κ3) is 5.12. The molecule has 0 bridgehead atoms. The van der Waals surface area contributed by atoms with E-state index in [0.717, 1.165) is 36.1 Å². The van der Waals surface area contributed by atoms with Crippen molar-refractivity contribution in [2.24, 2.45) is 0 Å². The Morgan fingerprint density at radius 1 is 1.11 bits per heavy atom. The van der Waals surface area contributed by atoms with Crippen LogP contribution in [0.1, 0.15) is 17.4 Å². The molecule has 1 unspecified atom stereocenters. The SMILES string of the molecule is Nc1ccc(CCN2C(=O)COC2c2cn(-c3ccc(Br)cc3)nc2-c2ccc(F)cc2)cc1I. The van der Waals surface area contributed by atoms with Crippen LogP contribution < -0.4 is 5.73 Å². The monoisotopic (exact) mass is 646 g/mol. The predicted molar refractivity (Wildman–Crippen MR) is 144 cm³/mol. The number of aromatic nitrogens is 2. The van der Waals surface area contributed by atoms with Crippen molar-refractivity contribution >= 4 is 50.1 Å². The van der Waals surface area contributed by atoms with Crippen molar-refractivity contribution in [3.63, 3.8) is 0 Å². The van der Waals surface area contributed by atoms with E-state index in [2.05, 4.69) is 38.5 Å². The Bertz CT molecular complexity index is 1380. The fraction of sp³-hybridized carbons (Fsp3) is 0.154. The molecule has 1 aliphatic rings. The number of anilines is 1. The van der Waals surface area contributed by atoms with Crippen molar-refractivity contribution < 1.29 is 13.9 Å². The highest BCUT2D eigenvalue weighted by molar-refractivity contribution is 14.1. The Kier molecular flexibility index (Phi) is 6.90. The van der Waals surface area contributed by atoms with Gasteiger partial charge in [-0.15, -0.1) is 0 Å². The maximum atomic E-state index is 13.6. The quantitative estimate of drug-likeness (QED) is 0.215. The first-order chi connectivity index (χ1) is 16.9. The molecule has 1 amide bonds. The van der Waals surface area contributed by atoms with E-state index in [9.17, 15) is 9.18 Å². The van der Waals surface area contributed by atoms with Gasteiger partial charge in [0.2, 0.25) is 0 Å². The van der Waals surface area contributed by atoms with Crippen LogP contribution in [0.2, 0.25) is 0 Å². The number of rotatable bonds is 6. The highest BCUT2D eigenvalue weighted by Gasteiger charge is 2.36. The summed E-state index contributed by atoms with van der Waals surface area (Å²) in [4.78, 5) is 14.5. The molecule has 0 radical (unpaired) electrons. The van der Waals surface area contributed by atoms with Crippen LogP contribution in [0.3, 0.4) is 0 Å². The van der Waals surface area contributed by atoms with Crippen molar-refractivity contribution in [2.45, 2.75) is 12.6 Å². The molecule has 1 saturated heterocycles. The third-order valence-corrected chi connectivity index (χ3v) is 7.35. The number of hydrogen-bond acceptors (Lipinski definition) is 4. The number of nitrogens with two attached hydrogens (primary N) is 1. The molecular weight excluding hydrogens is 626 g/mol. The first kappa shape index (κ1) is 24.0. The third-order valence-electron chi connectivity index (χ3n) is 5.89. The normalized spacial score (nSPS) is 15.7. The van der Waals surface area contributed by atoms with Gasteiger partial charge in [0.25, 0.3) is 5.91 Å². The summed E-state index contributed by atoms with van der Waals surface area (Å²) < 4.78 is 23.3. The summed E-state index contributed by atoms with van der Waals surface area (Å²) in [5, 5.41) is 4.80. The number of nitrogens with zero attached hydrogens (tertiary/aromatic N) is 3. The molecule has 0 spiro atoms. The molecule has 2 N–H and O–H groups in total. The molecule has 9 heteroatoms. The van der Waals surface area contributed by atoms with Gasteiger partial charge in [0.1, 0.15) is 18.1 Å². The molecular formula is C26H21BrFIN4O2. The number of carbonyl (C=O) groups excluding carboxylic acids is 1. The predicted octanol–water partition coefficient (Wildman–Crippen LogP) is 5.73. The second kappa shape index (κ2) is 10.1. The summed E-state index contributed by atoms with van der Waals surface area (Å²) in [6.07, 6.45) is 1.94. The van der Waals surface area contributed by atoms with Crippen LogP contribution in [0.5, 0.6) is 0 Å². The zero-order valence-corrected chi connectivity index (χ0v) is 22.2. The number of halogens is 3. The fourth-order valence-corrected chi connectivity index (χ4v) is 4.90. The molecule has 178 valence electrons. The average molecular weight is 647 g/mol. The molecule has 3 aromatic carbocycles. The van der Waals surface area contributed by atoms with Gasteiger partial charge >= 0.3 is 0 Å². The van der Waals surface area contributed by atoms with Crippen LogP contribution in [0.25, 0.3) is 16.9 Å². The van der Waals surface area contributed by atoms with Crippen molar-refractivity contribution in [3.05, 3.63) is 97.9 Å². The Labute approximate surface area is 224 Å². The van der Waals surface area contributed by atoms with Gasteiger partial charge in [-0.25, -0.2) is 9.07 Å². The topological polar surface area (TPSA) is 73.4 Å². The second-order valence-corrected chi connectivity index (χ2v) is 10.3. The lowest BCUT2D eigenvalue weighted by Gasteiger charge is -2.23. The van der Waals surface area contributed by atoms with Crippen LogP contribution >= 0.6 is 38.5 Å². The van der Waals surface area contributed by atoms with E-state index in [-0.39, 0.29) is 18.3 Å². The Morgan fingerprint density at radius 3 is 2.57 bits per heavy atom. The molecule has 35 heavy (non-hydrogen) atoms. The number of benzene rings is 3. The van der Waals surface area contributed by atoms with Gasteiger partial charge in [-0.3, -0.25) is 4.79 Å². The van der Waals surface area contributed by atoms with E-state index in [1.165, 1.54) is 12.1 Å². The van der Waals surface area contributed by atoms with Crippen molar-refractivity contribution in [1.82, 2.24) is 14.7 Å². The first-order valence-corrected chi connectivity index (χ1v) is 12.8. The molecule has 0 aliphatic carbocycles. The molecule has 1 atom stereocenters. The van der Waals surface area contributed by atoms with Gasteiger partial charge in [0, 0.05) is 37.6 Å². The van der Waals surface area contributed by atoms with Crippen molar-refractivity contribution in [1.29, 1.82) is 0 Å². The lowest BCUT2D eigenvalue weighted by molar-refractivity contribution is -0.128. The lowest BCUT2D eigenvalue weighted by Crippen LogP contribution is -2.30.